The highest BCUT2D eigenvalue weighted by atomic mass is 16.2. The van der Waals surface area contributed by atoms with Crippen molar-refractivity contribution in [2.75, 3.05) is 6.54 Å². The molecule has 1 fully saturated rings. The summed E-state index contributed by atoms with van der Waals surface area (Å²) in [5.74, 6) is 0.304. The highest BCUT2D eigenvalue weighted by Gasteiger charge is 2.27. The van der Waals surface area contributed by atoms with Gasteiger partial charge in [0.05, 0.1) is 6.54 Å². The molecule has 0 radical (unpaired) electrons. The van der Waals surface area contributed by atoms with E-state index in [4.69, 9.17) is 0 Å². The molecule has 0 spiro atoms. The van der Waals surface area contributed by atoms with Crippen LogP contribution in [-0.2, 0) is 11.3 Å². The van der Waals surface area contributed by atoms with E-state index in [1.54, 1.807) is 0 Å². The molecule has 0 bridgehead atoms. The lowest BCUT2D eigenvalue weighted by Crippen LogP contribution is -2.35. The fraction of sp³-hybridized carbons (Fsp3) is 0.769. The van der Waals surface area contributed by atoms with Gasteiger partial charge in [0, 0.05) is 30.5 Å². The van der Waals surface area contributed by atoms with Crippen molar-refractivity contribution in [2.45, 2.75) is 58.7 Å². The largest absolute Gasteiger partial charge is 0.340 e. The molecule has 2 heterocycles. The van der Waals surface area contributed by atoms with E-state index in [-0.39, 0.29) is 0 Å². The second-order valence-corrected chi connectivity index (χ2v) is 5.18. The van der Waals surface area contributed by atoms with Crippen molar-refractivity contribution < 1.29 is 9.36 Å². The molecule has 0 aliphatic carbocycles. The maximum Gasteiger partial charge on any atom is 0.265 e. The minimum absolute atomic E-state index is 0.300. The van der Waals surface area contributed by atoms with Crippen molar-refractivity contribution in [3.05, 3.63) is 12.7 Å². The van der Waals surface area contributed by atoms with Gasteiger partial charge in [0.2, 0.25) is 12.2 Å². The SMILES string of the molecule is CC[n+]1cnn(C(C)CC(C)N2CCCC2=O)c1. The van der Waals surface area contributed by atoms with Crippen molar-refractivity contribution in [3.8, 4) is 0 Å². The number of rotatable bonds is 5. The van der Waals surface area contributed by atoms with Crippen molar-refractivity contribution in [1.82, 2.24) is 14.7 Å². The van der Waals surface area contributed by atoms with Crippen LogP contribution in [0.5, 0.6) is 0 Å². The quantitative estimate of drug-likeness (QED) is 0.737. The highest BCUT2D eigenvalue weighted by Crippen LogP contribution is 2.20. The average molecular weight is 251 g/mol. The monoisotopic (exact) mass is 251 g/mol. The predicted octanol–water partition coefficient (Wildman–Crippen LogP) is 1.15. The van der Waals surface area contributed by atoms with Crippen molar-refractivity contribution in [2.24, 2.45) is 0 Å². The van der Waals surface area contributed by atoms with Crippen LogP contribution < -0.4 is 4.57 Å². The third-order valence-electron chi connectivity index (χ3n) is 3.74. The van der Waals surface area contributed by atoms with E-state index in [1.165, 1.54) is 0 Å². The summed E-state index contributed by atoms with van der Waals surface area (Å²) in [6.45, 7) is 8.25. The predicted molar refractivity (Wildman–Crippen MR) is 67.8 cm³/mol. The number of hydrogen-bond acceptors (Lipinski definition) is 2. The molecule has 0 N–H and O–H groups in total. The molecule has 100 valence electrons. The summed E-state index contributed by atoms with van der Waals surface area (Å²) < 4.78 is 4.04. The Labute approximate surface area is 108 Å². The van der Waals surface area contributed by atoms with Gasteiger partial charge >= 0.3 is 0 Å². The number of hydrogen-bond donors (Lipinski definition) is 0. The van der Waals surface area contributed by atoms with Gasteiger partial charge < -0.3 is 4.90 Å². The van der Waals surface area contributed by atoms with Gasteiger partial charge in [-0.2, -0.15) is 0 Å². The lowest BCUT2D eigenvalue weighted by Gasteiger charge is -2.25. The molecule has 5 heteroatoms. The number of carbonyl (C=O) groups is 1. The van der Waals surface area contributed by atoms with Crippen LogP contribution in [0.15, 0.2) is 12.7 Å². The number of nitrogens with zero attached hydrogens (tertiary/aromatic N) is 4. The molecule has 1 aliphatic rings. The molecule has 5 nitrogen and oxygen atoms in total. The molecule has 1 amide bonds. The second-order valence-electron chi connectivity index (χ2n) is 5.18. The minimum Gasteiger partial charge on any atom is -0.340 e. The van der Waals surface area contributed by atoms with Gasteiger partial charge in [0.15, 0.2) is 0 Å². The maximum absolute atomic E-state index is 11.7. The zero-order valence-electron chi connectivity index (χ0n) is 11.5. The van der Waals surface area contributed by atoms with E-state index < -0.39 is 0 Å². The first kappa shape index (κ1) is 13.1. The summed E-state index contributed by atoms with van der Waals surface area (Å²) in [7, 11) is 0. The lowest BCUT2D eigenvalue weighted by molar-refractivity contribution is -0.694. The molecule has 1 aromatic rings. The fourth-order valence-corrected chi connectivity index (χ4v) is 2.59. The van der Waals surface area contributed by atoms with E-state index >= 15 is 0 Å². The van der Waals surface area contributed by atoms with Crippen LogP contribution in [0.25, 0.3) is 0 Å². The molecule has 2 rings (SSSR count). The summed E-state index contributed by atoms with van der Waals surface area (Å²) in [5, 5.41) is 4.36. The van der Waals surface area contributed by atoms with Crippen LogP contribution >= 0.6 is 0 Å². The Morgan fingerprint density at radius 2 is 2.22 bits per heavy atom. The van der Waals surface area contributed by atoms with Gasteiger partial charge in [-0.1, -0.05) is 0 Å². The Morgan fingerprint density at radius 1 is 1.44 bits per heavy atom. The molecule has 0 saturated carbocycles. The number of aryl methyl sites for hydroxylation is 1. The van der Waals surface area contributed by atoms with Crippen LogP contribution in [0.3, 0.4) is 0 Å². The molecule has 0 aromatic carbocycles. The first-order valence-electron chi connectivity index (χ1n) is 6.84. The number of aromatic nitrogens is 3. The normalized spacial score (nSPS) is 19.3. The van der Waals surface area contributed by atoms with Crippen LogP contribution in [0, 0.1) is 0 Å². The van der Waals surface area contributed by atoms with E-state index in [0.717, 1.165) is 32.4 Å². The van der Waals surface area contributed by atoms with Crippen molar-refractivity contribution in [3.63, 3.8) is 0 Å². The summed E-state index contributed by atoms with van der Waals surface area (Å²) >= 11 is 0. The Balaban J connectivity index is 1.94. The summed E-state index contributed by atoms with van der Waals surface area (Å²) in [5.41, 5.74) is 0. The Hall–Kier alpha value is -1.39. The van der Waals surface area contributed by atoms with Crippen LogP contribution in [0.2, 0.25) is 0 Å². The second kappa shape index (κ2) is 5.50. The van der Waals surface area contributed by atoms with E-state index in [0.29, 0.717) is 18.0 Å². The molecule has 1 saturated heterocycles. The summed E-state index contributed by atoms with van der Waals surface area (Å²) in [4.78, 5) is 13.7. The topological polar surface area (TPSA) is 42.0 Å². The summed E-state index contributed by atoms with van der Waals surface area (Å²) in [6, 6.07) is 0.621. The Morgan fingerprint density at radius 3 is 2.78 bits per heavy atom. The average Bonchev–Trinajstić information content (AvgIpc) is 2.96. The molecule has 1 aliphatic heterocycles. The van der Waals surface area contributed by atoms with Gasteiger partial charge in [-0.25, -0.2) is 4.57 Å². The van der Waals surface area contributed by atoms with Crippen LogP contribution in [0.1, 0.15) is 46.1 Å². The standard InChI is InChI=1S/C13H23N4O/c1-4-15-9-14-17(10-15)12(3)8-11(2)16-7-5-6-13(16)18/h9-12H,4-8H2,1-3H3/q+1. The Kier molecular flexibility index (Phi) is 3.99. The van der Waals surface area contributed by atoms with E-state index in [2.05, 4.69) is 30.4 Å². The van der Waals surface area contributed by atoms with Gasteiger partial charge in [-0.15, -0.1) is 4.68 Å². The molecule has 2 unspecified atom stereocenters. The number of likely N-dealkylation sites (tertiary alicyclic amines) is 1. The van der Waals surface area contributed by atoms with Crippen molar-refractivity contribution >= 4 is 5.91 Å². The van der Waals surface area contributed by atoms with Gasteiger partial charge in [-0.3, -0.25) is 4.79 Å². The third kappa shape index (κ3) is 2.71. The zero-order valence-corrected chi connectivity index (χ0v) is 11.5. The summed E-state index contributed by atoms with van der Waals surface area (Å²) in [6.07, 6.45) is 6.56. The van der Waals surface area contributed by atoms with Gasteiger partial charge in [-0.05, 0) is 27.2 Å². The van der Waals surface area contributed by atoms with Gasteiger partial charge in [0.1, 0.15) is 6.04 Å². The number of amides is 1. The van der Waals surface area contributed by atoms with E-state index in [9.17, 15) is 4.79 Å². The molecule has 2 atom stereocenters. The highest BCUT2D eigenvalue weighted by molar-refractivity contribution is 5.78. The minimum atomic E-state index is 0.300. The Bertz CT molecular complexity index is 415. The van der Waals surface area contributed by atoms with Crippen LogP contribution in [-0.4, -0.2) is 33.2 Å². The fourth-order valence-electron chi connectivity index (χ4n) is 2.59. The first-order chi connectivity index (χ1) is 8.61. The first-order valence-corrected chi connectivity index (χ1v) is 6.84. The molecular weight excluding hydrogens is 228 g/mol. The van der Waals surface area contributed by atoms with Crippen LogP contribution in [0.4, 0.5) is 0 Å². The van der Waals surface area contributed by atoms with E-state index in [1.807, 2.05) is 22.2 Å². The van der Waals surface area contributed by atoms with Gasteiger partial charge in [0.25, 0.3) is 6.33 Å². The number of carbonyl (C=O) groups excluding carboxylic acids is 1. The zero-order chi connectivity index (χ0) is 13.1. The van der Waals surface area contributed by atoms with Crippen molar-refractivity contribution in [1.29, 1.82) is 0 Å². The molecule has 18 heavy (non-hydrogen) atoms. The smallest absolute Gasteiger partial charge is 0.265 e. The lowest BCUT2D eigenvalue weighted by atomic mass is 10.1. The molecular formula is C13H23N4O+. The third-order valence-corrected chi connectivity index (χ3v) is 3.74. The maximum atomic E-state index is 11.7. The molecule has 1 aromatic heterocycles.